The van der Waals surface area contributed by atoms with Crippen LogP contribution < -0.4 is 10.0 Å². The van der Waals surface area contributed by atoms with Gasteiger partial charge in [0.25, 0.3) is 11.3 Å². The fraction of sp³-hybridized carbons (Fsp3) is 0.500. The molecule has 3 rings (SSSR count). The van der Waals surface area contributed by atoms with Gasteiger partial charge in [-0.1, -0.05) is 19.8 Å². The average Bonchev–Trinajstić information content (AvgIpc) is 2.91. The van der Waals surface area contributed by atoms with Crippen molar-refractivity contribution in [3.63, 3.8) is 0 Å². The highest BCUT2D eigenvalue weighted by Gasteiger charge is 2.23. The lowest BCUT2D eigenvalue weighted by molar-refractivity contribution is 0.350. The van der Waals surface area contributed by atoms with Crippen LogP contribution in [0.3, 0.4) is 0 Å². The summed E-state index contributed by atoms with van der Waals surface area (Å²) in [6.45, 7) is 2.25. The molecule has 2 aromatic heterocycles. The fourth-order valence-corrected chi connectivity index (χ4v) is 3.38. The summed E-state index contributed by atoms with van der Waals surface area (Å²) in [6.07, 6.45) is 8.29. The number of nitrogens with zero attached hydrogens (tertiary/aromatic N) is 2. The molecule has 6 nitrogen and oxygen atoms in total. The van der Waals surface area contributed by atoms with Gasteiger partial charge in [-0.05, 0) is 30.9 Å². The van der Waals surface area contributed by atoms with Crippen LogP contribution in [-0.4, -0.2) is 24.4 Å². The summed E-state index contributed by atoms with van der Waals surface area (Å²) < 4.78 is 24.5. The Hall–Kier alpha value is -1.60. The fourth-order valence-electron chi connectivity index (χ4n) is 3.03. The molecule has 0 saturated heterocycles. The number of aromatic nitrogens is 2. The standard InChI is InChI=1S/C14H20N4O2S/c1-10-5-2-3-6-11(10)16-14-12(17-21(19)20)9-15-18-8-4-7-13(14)18/h4,7-11,16-17H,2-3,5-6H2,1H3,(H,19,20). The van der Waals surface area contributed by atoms with Crippen molar-refractivity contribution in [3.8, 4) is 0 Å². The lowest BCUT2D eigenvalue weighted by Gasteiger charge is -2.31. The van der Waals surface area contributed by atoms with Crippen LogP contribution in [0, 0.1) is 5.92 Å². The molecule has 0 aliphatic heterocycles. The van der Waals surface area contributed by atoms with Gasteiger partial charge in [-0.2, -0.15) is 5.10 Å². The second-order valence-electron chi connectivity index (χ2n) is 5.64. The highest BCUT2D eigenvalue weighted by atomic mass is 32.2. The molecule has 3 N–H and O–H groups in total. The molecule has 0 spiro atoms. The SMILES string of the molecule is CC1CCCCC1Nc1c(NS(=O)O)cnn2cccc12. The molecule has 1 fully saturated rings. The van der Waals surface area contributed by atoms with Gasteiger partial charge in [-0.25, -0.2) is 8.72 Å². The molecule has 0 amide bonds. The Morgan fingerprint density at radius 3 is 3.00 bits per heavy atom. The van der Waals surface area contributed by atoms with Gasteiger partial charge in [0, 0.05) is 12.2 Å². The van der Waals surface area contributed by atoms with E-state index in [4.69, 9.17) is 4.55 Å². The van der Waals surface area contributed by atoms with Crippen molar-refractivity contribution in [2.45, 2.75) is 38.6 Å². The predicted molar refractivity (Wildman–Crippen MR) is 84.6 cm³/mol. The molecule has 0 bridgehead atoms. The van der Waals surface area contributed by atoms with Crippen molar-refractivity contribution in [1.82, 2.24) is 9.61 Å². The van der Waals surface area contributed by atoms with Crippen molar-refractivity contribution < 1.29 is 8.76 Å². The summed E-state index contributed by atoms with van der Waals surface area (Å²) in [5, 5.41) is 7.80. The summed E-state index contributed by atoms with van der Waals surface area (Å²) >= 11 is -2.11. The lowest BCUT2D eigenvalue weighted by Crippen LogP contribution is -2.31. The molecule has 1 aliphatic rings. The first kappa shape index (κ1) is 14.3. The number of rotatable bonds is 4. The van der Waals surface area contributed by atoms with Crippen molar-refractivity contribution in [2.75, 3.05) is 10.0 Å². The van der Waals surface area contributed by atoms with Gasteiger partial charge in [-0.3, -0.25) is 9.27 Å². The molecular formula is C14H20N4O2S. The first-order valence-electron chi connectivity index (χ1n) is 7.25. The molecule has 3 atom stereocenters. The molecule has 1 saturated carbocycles. The molecule has 0 radical (unpaired) electrons. The van der Waals surface area contributed by atoms with Gasteiger partial charge in [0.2, 0.25) is 0 Å². The monoisotopic (exact) mass is 308 g/mol. The zero-order chi connectivity index (χ0) is 14.8. The molecule has 7 heteroatoms. The van der Waals surface area contributed by atoms with E-state index < -0.39 is 11.3 Å². The van der Waals surface area contributed by atoms with Gasteiger partial charge in [0.15, 0.2) is 0 Å². The zero-order valence-corrected chi connectivity index (χ0v) is 12.8. The summed E-state index contributed by atoms with van der Waals surface area (Å²) in [7, 11) is 0. The predicted octanol–water partition coefficient (Wildman–Crippen LogP) is 2.87. The molecule has 2 heterocycles. The van der Waals surface area contributed by atoms with E-state index in [1.54, 1.807) is 10.7 Å². The lowest BCUT2D eigenvalue weighted by atomic mass is 9.86. The van der Waals surface area contributed by atoms with E-state index in [1.165, 1.54) is 19.3 Å². The van der Waals surface area contributed by atoms with Crippen LogP contribution in [0.4, 0.5) is 11.4 Å². The summed E-state index contributed by atoms with van der Waals surface area (Å²) in [5.74, 6) is 0.592. The van der Waals surface area contributed by atoms with Crippen molar-refractivity contribution in [2.24, 2.45) is 5.92 Å². The number of anilines is 2. The minimum absolute atomic E-state index is 0.382. The normalized spacial score (nSPS) is 23.9. The second-order valence-corrected chi connectivity index (χ2v) is 6.34. The van der Waals surface area contributed by atoms with Gasteiger partial charge < -0.3 is 5.32 Å². The molecule has 114 valence electrons. The van der Waals surface area contributed by atoms with Gasteiger partial charge in [-0.15, -0.1) is 0 Å². The molecule has 1 aliphatic carbocycles. The number of hydrogen-bond acceptors (Lipinski definition) is 3. The summed E-state index contributed by atoms with van der Waals surface area (Å²) in [6, 6.07) is 4.25. The first-order valence-corrected chi connectivity index (χ1v) is 8.36. The second kappa shape index (κ2) is 6.03. The molecule has 0 aromatic carbocycles. The largest absolute Gasteiger partial charge is 0.379 e. The highest BCUT2D eigenvalue weighted by molar-refractivity contribution is 7.80. The molecular weight excluding hydrogens is 288 g/mol. The Bertz CT molecular complexity index is 657. The molecule has 21 heavy (non-hydrogen) atoms. The Kier molecular flexibility index (Phi) is 4.12. The maximum Gasteiger partial charge on any atom is 0.259 e. The Balaban J connectivity index is 1.97. The summed E-state index contributed by atoms with van der Waals surface area (Å²) in [5.41, 5.74) is 2.30. The van der Waals surface area contributed by atoms with Gasteiger partial charge in [0.1, 0.15) is 0 Å². The van der Waals surface area contributed by atoms with Crippen LogP contribution in [0.2, 0.25) is 0 Å². The van der Waals surface area contributed by atoms with Crippen LogP contribution in [0.5, 0.6) is 0 Å². The van der Waals surface area contributed by atoms with Crippen LogP contribution in [0.1, 0.15) is 32.6 Å². The Morgan fingerprint density at radius 1 is 1.43 bits per heavy atom. The topological polar surface area (TPSA) is 78.7 Å². The van der Waals surface area contributed by atoms with E-state index >= 15 is 0 Å². The van der Waals surface area contributed by atoms with E-state index in [-0.39, 0.29) is 0 Å². The van der Waals surface area contributed by atoms with E-state index in [9.17, 15) is 4.21 Å². The van der Waals surface area contributed by atoms with Crippen molar-refractivity contribution >= 4 is 28.2 Å². The van der Waals surface area contributed by atoms with E-state index in [0.29, 0.717) is 17.6 Å². The highest BCUT2D eigenvalue weighted by Crippen LogP contribution is 2.32. The third-order valence-electron chi connectivity index (χ3n) is 4.20. The number of hydrogen-bond donors (Lipinski definition) is 3. The van der Waals surface area contributed by atoms with Crippen molar-refractivity contribution in [1.29, 1.82) is 0 Å². The molecule has 3 unspecified atom stereocenters. The van der Waals surface area contributed by atoms with E-state index in [0.717, 1.165) is 17.6 Å². The van der Waals surface area contributed by atoms with E-state index in [1.807, 2.05) is 18.3 Å². The maximum atomic E-state index is 11.1. The summed E-state index contributed by atoms with van der Waals surface area (Å²) in [4.78, 5) is 0. The number of nitrogens with one attached hydrogen (secondary N) is 2. The van der Waals surface area contributed by atoms with Crippen LogP contribution >= 0.6 is 0 Å². The van der Waals surface area contributed by atoms with Crippen LogP contribution in [0.15, 0.2) is 24.5 Å². The minimum atomic E-state index is -2.11. The third-order valence-corrected chi connectivity index (χ3v) is 4.60. The Morgan fingerprint density at radius 2 is 2.24 bits per heavy atom. The average molecular weight is 308 g/mol. The van der Waals surface area contributed by atoms with Crippen LogP contribution in [0.25, 0.3) is 5.52 Å². The number of fused-ring (bicyclic) bond motifs is 1. The molecule has 2 aromatic rings. The quantitative estimate of drug-likeness (QED) is 0.759. The smallest absolute Gasteiger partial charge is 0.259 e. The van der Waals surface area contributed by atoms with Gasteiger partial charge in [0.05, 0.1) is 23.1 Å². The van der Waals surface area contributed by atoms with E-state index in [2.05, 4.69) is 22.1 Å². The maximum absolute atomic E-state index is 11.1. The van der Waals surface area contributed by atoms with Gasteiger partial charge >= 0.3 is 0 Å². The van der Waals surface area contributed by atoms with Crippen molar-refractivity contribution in [3.05, 3.63) is 24.5 Å². The first-order chi connectivity index (χ1) is 10.1. The Labute approximate surface area is 126 Å². The zero-order valence-electron chi connectivity index (χ0n) is 12.0. The van der Waals surface area contributed by atoms with Crippen LogP contribution in [-0.2, 0) is 11.3 Å². The minimum Gasteiger partial charge on any atom is -0.379 e. The third kappa shape index (κ3) is 3.03.